The van der Waals surface area contributed by atoms with Gasteiger partial charge in [-0.1, -0.05) is 6.07 Å². The van der Waals surface area contributed by atoms with Gasteiger partial charge in [-0.2, -0.15) is 0 Å². The van der Waals surface area contributed by atoms with E-state index in [4.69, 9.17) is 15.0 Å². The van der Waals surface area contributed by atoms with Gasteiger partial charge >= 0.3 is 0 Å². The van der Waals surface area contributed by atoms with Gasteiger partial charge in [0, 0.05) is 62.0 Å². The Morgan fingerprint density at radius 3 is 2.66 bits per heavy atom. The van der Waals surface area contributed by atoms with Crippen LogP contribution in [0.2, 0.25) is 0 Å². The van der Waals surface area contributed by atoms with Gasteiger partial charge < -0.3 is 30.2 Å². The molecule has 2 bridgehead atoms. The van der Waals surface area contributed by atoms with E-state index in [1.54, 1.807) is 13.1 Å². The summed E-state index contributed by atoms with van der Waals surface area (Å²) in [4.78, 5) is 38.9. The van der Waals surface area contributed by atoms with Crippen LogP contribution in [-0.4, -0.2) is 90.7 Å². The molecule has 216 valence electrons. The summed E-state index contributed by atoms with van der Waals surface area (Å²) in [7, 11) is 0. The summed E-state index contributed by atoms with van der Waals surface area (Å²) in [6.45, 7) is 5.33. The quantitative estimate of drug-likeness (QED) is 0.398. The number of hydrogen-bond acceptors (Lipinski definition) is 10. The lowest BCUT2D eigenvalue weighted by Gasteiger charge is -2.30. The number of anilines is 3. The van der Waals surface area contributed by atoms with Gasteiger partial charge in [-0.05, 0) is 63.3 Å². The van der Waals surface area contributed by atoms with Crippen molar-refractivity contribution in [1.29, 1.82) is 0 Å². The van der Waals surface area contributed by atoms with Crippen molar-refractivity contribution in [2.24, 2.45) is 5.92 Å². The summed E-state index contributed by atoms with van der Waals surface area (Å²) in [5, 5.41) is 23.7. The van der Waals surface area contributed by atoms with E-state index in [9.17, 15) is 15.0 Å². The van der Waals surface area contributed by atoms with Gasteiger partial charge in [0.25, 0.3) is 0 Å². The Labute approximate surface area is 239 Å². The van der Waals surface area contributed by atoms with Crippen molar-refractivity contribution in [1.82, 2.24) is 29.7 Å². The highest BCUT2D eigenvalue weighted by atomic mass is 16.3. The number of likely N-dealkylation sites (tertiary alicyclic amines) is 1. The number of carbonyl (C=O) groups is 1. The van der Waals surface area contributed by atoms with E-state index in [1.165, 1.54) is 25.7 Å². The molecule has 3 fully saturated rings. The smallest absolute Gasteiger partial charge is 0.229 e. The van der Waals surface area contributed by atoms with Gasteiger partial charge in [0.2, 0.25) is 11.9 Å². The molecule has 1 amide bonds. The van der Waals surface area contributed by atoms with Crippen LogP contribution in [0.5, 0.6) is 0 Å². The molecule has 4 aliphatic rings. The number of carbonyl (C=O) groups excluding carboxylic acids is 1. The molecule has 3 N–H and O–H groups in total. The molecular formula is C30H38N8O3. The van der Waals surface area contributed by atoms with Gasteiger partial charge in [-0.15, -0.1) is 0 Å². The van der Waals surface area contributed by atoms with Crippen molar-refractivity contribution >= 4 is 34.4 Å². The van der Waals surface area contributed by atoms with Crippen LogP contribution < -0.4 is 10.2 Å². The van der Waals surface area contributed by atoms with Crippen LogP contribution in [-0.2, 0) is 17.8 Å². The topological polar surface area (TPSA) is 131 Å². The van der Waals surface area contributed by atoms with Gasteiger partial charge in [-0.3, -0.25) is 4.79 Å². The van der Waals surface area contributed by atoms with E-state index in [0.717, 1.165) is 47.5 Å². The first-order chi connectivity index (χ1) is 20.0. The molecular weight excluding hydrogens is 520 g/mol. The minimum atomic E-state index is -0.666. The van der Waals surface area contributed by atoms with Crippen molar-refractivity contribution in [2.75, 3.05) is 43.0 Å². The summed E-state index contributed by atoms with van der Waals surface area (Å²) in [5.74, 6) is 2.20. The zero-order chi connectivity index (χ0) is 28.1. The van der Waals surface area contributed by atoms with Crippen LogP contribution in [0.15, 0.2) is 24.4 Å². The third-order valence-electron chi connectivity index (χ3n) is 9.33. The first kappa shape index (κ1) is 26.5. The summed E-state index contributed by atoms with van der Waals surface area (Å²) in [5.41, 5.74) is 3.50. The second-order valence-electron chi connectivity index (χ2n) is 12.0. The monoisotopic (exact) mass is 558 g/mol. The Morgan fingerprint density at radius 2 is 1.90 bits per heavy atom. The zero-order valence-electron chi connectivity index (χ0n) is 23.5. The number of aromatic nitrogens is 4. The minimum absolute atomic E-state index is 0.00820. The third-order valence-corrected chi connectivity index (χ3v) is 9.33. The number of β-amino-alcohol motifs (C(OH)–C–C–N with tert-alkyl or cyclic N) is 1. The molecule has 11 heteroatoms. The molecule has 0 aromatic carbocycles. The van der Waals surface area contributed by atoms with Crippen LogP contribution in [0, 0.1) is 5.92 Å². The number of aliphatic hydroxyl groups is 2. The van der Waals surface area contributed by atoms with Gasteiger partial charge in [0.1, 0.15) is 11.3 Å². The maximum atomic E-state index is 13.2. The molecule has 11 nitrogen and oxygen atoms in total. The normalized spacial score (nSPS) is 24.7. The van der Waals surface area contributed by atoms with Gasteiger partial charge in [-0.25, -0.2) is 19.9 Å². The number of aliphatic hydroxyl groups excluding tert-OH is 2. The Bertz CT molecular complexity index is 1450. The minimum Gasteiger partial charge on any atom is -0.395 e. The van der Waals surface area contributed by atoms with E-state index in [0.29, 0.717) is 55.6 Å². The molecule has 1 unspecified atom stereocenters. The lowest BCUT2D eigenvalue weighted by Crippen LogP contribution is -2.41. The molecule has 0 aliphatic carbocycles. The summed E-state index contributed by atoms with van der Waals surface area (Å²) >= 11 is 0. The zero-order valence-corrected chi connectivity index (χ0v) is 23.5. The maximum Gasteiger partial charge on any atom is 0.229 e. The first-order valence-electron chi connectivity index (χ1n) is 15.0. The molecule has 3 aromatic heterocycles. The molecule has 7 rings (SSSR count). The molecule has 0 spiro atoms. The summed E-state index contributed by atoms with van der Waals surface area (Å²) in [6, 6.07) is 6.81. The fourth-order valence-corrected chi connectivity index (χ4v) is 7.18. The summed E-state index contributed by atoms with van der Waals surface area (Å²) in [6.07, 6.45) is 7.39. The van der Waals surface area contributed by atoms with Crippen LogP contribution in [0.3, 0.4) is 0 Å². The number of amides is 1. The van der Waals surface area contributed by atoms with Crippen LogP contribution >= 0.6 is 0 Å². The molecule has 3 aromatic rings. The van der Waals surface area contributed by atoms with E-state index >= 15 is 0 Å². The molecule has 3 saturated heterocycles. The predicted octanol–water partition coefficient (Wildman–Crippen LogP) is 2.55. The second kappa shape index (κ2) is 10.8. The highest BCUT2D eigenvalue weighted by Gasteiger charge is 2.41. The predicted molar refractivity (Wildman–Crippen MR) is 155 cm³/mol. The molecule has 7 heterocycles. The standard InChI is InChI=1S/C30H38N8O3/c1-18(40)25-14-21-15-31-30(35-27(21)28(33-25)38-22-3-4-23(38)6-5-22)34-26-7-2-19-17-37(11-9-24(19)32-26)29(41)20-8-10-36(16-20)12-13-39/h2,7,14-15,18,20,22-23,39-40H,3-6,8-13,16-17H2,1H3,(H,31,32,34,35)/t18?,20-,22?,23?/m1/s1. The highest BCUT2D eigenvalue weighted by Crippen LogP contribution is 2.42. The summed E-state index contributed by atoms with van der Waals surface area (Å²) < 4.78 is 0. The number of fused-ring (bicyclic) bond motifs is 4. The number of nitrogens with zero attached hydrogens (tertiary/aromatic N) is 7. The second-order valence-corrected chi connectivity index (χ2v) is 12.0. The Morgan fingerprint density at radius 1 is 1.10 bits per heavy atom. The largest absolute Gasteiger partial charge is 0.395 e. The lowest BCUT2D eigenvalue weighted by atomic mass is 10.0. The third kappa shape index (κ3) is 5.00. The van der Waals surface area contributed by atoms with Crippen LogP contribution in [0.4, 0.5) is 17.6 Å². The van der Waals surface area contributed by atoms with E-state index < -0.39 is 6.10 Å². The van der Waals surface area contributed by atoms with E-state index in [1.807, 2.05) is 23.1 Å². The van der Waals surface area contributed by atoms with Crippen molar-refractivity contribution in [3.8, 4) is 0 Å². The molecule has 2 atom stereocenters. The van der Waals surface area contributed by atoms with Crippen LogP contribution in [0.1, 0.15) is 62.1 Å². The average Bonchev–Trinajstić information content (AvgIpc) is 3.73. The van der Waals surface area contributed by atoms with Crippen molar-refractivity contribution < 1.29 is 15.0 Å². The Balaban J connectivity index is 1.09. The molecule has 4 aliphatic heterocycles. The Kier molecular flexibility index (Phi) is 6.96. The van der Waals surface area contributed by atoms with Crippen molar-refractivity contribution in [2.45, 2.75) is 70.2 Å². The number of rotatable bonds is 7. The lowest BCUT2D eigenvalue weighted by molar-refractivity contribution is -0.136. The van der Waals surface area contributed by atoms with Crippen molar-refractivity contribution in [3.05, 3.63) is 41.3 Å². The van der Waals surface area contributed by atoms with Crippen LogP contribution in [0.25, 0.3) is 10.9 Å². The number of pyridine rings is 2. The fourth-order valence-electron chi connectivity index (χ4n) is 7.18. The SMILES string of the molecule is CC(O)c1cc2cnc(Nc3ccc4c(n3)CCN(C(=O)[C@@H]3CCN(CCO)C3)C4)nc2c(N2C3CCC2CC3)n1. The average molecular weight is 559 g/mol. The van der Waals surface area contributed by atoms with E-state index in [-0.39, 0.29) is 18.4 Å². The van der Waals surface area contributed by atoms with E-state index in [2.05, 4.69) is 20.1 Å². The first-order valence-corrected chi connectivity index (χ1v) is 15.0. The fraction of sp³-hybridized carbons (Fsp3) is 0.567. The maximum absolute atomic E-state index is 13.2. The van der Waals surface area contributed by atoms with Gasteiger partial charge in [0.05, 0.1) is 24.3 Å². The number of hydrogen-bond donors (Lipinski definition) is 3. The Hall–Kier alpha value is -3.41. The van der Waals surface area contributed by atoms with Gasteiger partial charge in [0.15, 0.2) is 5.82 Å². The number of nitrogens with one attached hydrogen (secondary N) is 1. The molecule has 0 radical (unpaired) electrons. The highest BCUT2D eigenvalue weighted by molar-refractivity contribution is 5.90. The molecule has 41 heavy (non-hydrogen) atoms. The van der Waals surface area contributed by atoms with Crippen molar-refractivity contribution in [3.63, 3.8) is 0 Å². The molecule has 0 saturated carbocycles.